The van der Waals surface area contributed by atoms with Crippen LogP contribution in [0.25, 0.3) is 0 Å². The normalized spacial score (nSPS) is 20.3. The molecule has 1 aromatic carbocycles. The molecular formula is C15H23NO. The summed E-state index contributed by atoms with van der Waals surface area (Å²) in [5, 5.41) is 3.48. The smallest absolute Gasteiger partial charge is 0.124 e. The molecule has 0 bridgehead atoms. The maximum Gasteiger partial charge on any atom is 0.124 e. The van der Waals surface area contributed by atoms with Gasteiger partial charge in [-0.15, -0.1) is 0 Å². The first kappa shape index (κ1) is 12.4. The molecule has 1 aliphatic heterocycles. The van der Waals surface area contributed by atoms with E-state index in [-0.39, 0.29) is 0 Å². The molecule has 17 heavy (non-hydrogen) atoms. The van der Waals surface area contributed by atoms with Gasteiger partial charge in [-0.1, -0.05) is 12.1 Å². The van der Waals surface area contributed by atoms with Crippen molar-refractivity contribution in [1.29, 1.82) is 0 Å². The van der Waals surface area contributed by atoms with E-state index in [0.717, 1.165) is 11.7 Å². The number of piperidine rings is 1. The van der Waals surface area contributed by atoms with Gasteiger partial charge in [-0.3, -0.25) is 0 Å². The fourth-order valence-electron chi connectivity index (χ4n) is 2.91. The van der Waals surface area contributed by atoms with Gasteiger partial charge in [0.25, 0.3) is 0 Å². The molecule has 0 aromatic heterocycles. The summed E-state index contributed by atoms with van der Waals surface area (Å²) in [5.74, 6) is 1.84. The average molecular weight is 233 g/mol. The summed E-state index contributed by atoms with van der Waals surface area (Å²) in [4.78, 5) is 0. The third-order valence-electron chi connectivity index (χ3n) is 3.65. The lowest BCUT2D eigenvalue weighted by atomic mass is 9.91. The summed E-state index contributed by atoms with van der Waals surface area (Å²) in [6.45, 7) is 6.63. The van der Waals surface area contributed by atoms with Crippen molar-refractivity contribution in [2.45, 2.75) is 33.1 Å². The van der Waals surface area contributed by atoms with Gasteiger partial charge in [-0.25, -0.2) is 0 Å². The largest absolute Gasteiger partial charge is 0.496 e. The number of ether oxygens (including phenoxy) is 1. The molecular weight excluding hydrogens is 210 g/mol. The Morgan fingerprint density at radius 1 is 1.29 bits per heavy atom. The molecule has 1 heterocycles. The van der Waals surface area contributed by atoms with Crippen LogP contribution >= 0.6 is 0 Å². The number of rotatable bonds is 3. The fourth-order valence-corrected chi connectivity index (χ4v) is 2.91. The highest BCUT2D eigenvalue weighted by Gasteiger charge is 2.14. The van der Waals surface area contributed by atoms with Crippen LogP contribution in [-0.2, 0) is 6.42 Å². The number of hydrogen-bond acceptors (Lipinski definition) is 2. The van der Waals surface area contributed by atoms with Crippen LogP contribution in [0.1, 0.15) is 29.5 Å². The van der Waals surface area contributed by atoms with Crippen LogP contribution in [0.15, 0.2) is 12.1 Å². The summed E-state index contributed by atoms with van der Waals surface area (Å²) >= 11 is 0. The van der Waals surface area contributed by atoms with Crippen LogP contribution in [0.5, 0.6) is 5.75 Å². The van der Waals surface area contributed by atoms with Crippen LogP contribution < -0.4 is 10.1 Å². The van der Waals surface area contributed by atoms with Crippen molar-refractivity contribution in [3.63, 3.8) is 0 Å². The molecule has 1 fully saturated rings. The quantitative estimate of drug-likeness (QED) is 0.867. The maximum absolute atomic E-state index is 5.41. The van der Waals surface area contributed by atoms with Gasteiger partial charge in [-0.05, 0) is 68.8 Å². The summed E-state index contributed by atoms with van der Waals surface area (Å²) in [7, 11) is 1.75. The highest BCUT2D eigenvalue weighted by Crippen LogP contribution is 2.26. The van der Waals surface area contributed by atoms with E-state index in [1.165, 1.54) is 49.0 Å². The summed E-state index contributed by atoms with van der Waals surface area (Å²) in [6.07, 6.45) is 3.87. The summed E-state index contributed by atoms with van der Waals surface area (Å²) < 4.78 is 5.41. The number of methoxy groups -OCH3 is 1. The first-order valence-electron chi connectivity index (χ1n) is 6.55. The van der Waals surface area contributed by atoms with Gasteiger partial charge in [0.2, 0.25) is 0 Å². The van der Waals surface area contributed by atoms with E-state index in [1.807, 2.05) is 0 Å². The molecule has 1 atom stereocenters. The fraction of sp³-hybridized carbons (Fsp3) is 0.600. The van der Waals surface area contributed by atoms with Crippen LogP contribution in [-0.4, -0.2) is 20.2 Å². The second-order valence-electron chi connectivity index (χ2n) is 5.18. The summed E-state index contributed by atoms with van der Waals surface area (Å²) in [5.41, 5.74) is 3.96. The second kappa shape index (κ2) is 5.54. The predicted octanol–water partition coefficient (Wildman–Crippen LogP) is 2.85. The van der Waals surface area contributed by atoms with Crippen molar-refractivity contribution in [2.75, 3.05) is 20.2 Å². The van der Waals surface area contributed by atoms with Gasteiger partial charge in [-0.2, -0.15) is 0 Å². The van der Waals surface area contributed by atoms with E-state index in [9.17, 15) is 0 Å². The first-order chi connectivity index (χ1) is 8.20. The molecule has 1 aromatic rings. The Balaban J connectivity index is 2.10. The topological polar surface area (TPSA) is 21.3 Å². The maximum atomic E-state index is 5.41. The van der Waals surface area contributed by atoms with Crippen LogP contribution in [0.4, 0.5) is 0 Å². The SMILES string of the molecule is COc1c(C)cc(CC2CCCNC2)cc1C. The van der Waals surface area contributed by atoms with Gasteiger partial charge < -0.3 is 10.1 Å². The molecule has 0 aliphatic carbocycles. The molecule has 1 aliphatic rings. The highest BCUT2D eigenvalue weighted by atomic mass is 16.5. The van der Waals surface area contributed by atoms with E-state index in [2.05, 4.69) is 31.3 Å². The monoisotopic (exact) mass is 233 g/mol. The lowest BCUT2D eigenvalue weighted by molar-refractivity contribution is 0.375. The Labute approximate surface area is 104 Å². The Kier molecular flexibility index (Phi) is 4.06. The molecule has 2 heteroatoms. The van der Waals surface area contributed by atoms with Gasteiger partial charge in [0.05, 0.1) is 7.11 Å². The summed E-state index contributed by atoms with van der Waals surface area (Å²) in [6, 6.07) is 4.56. The highest BCUT2D eigenvalue weighted by molar-refractivity contribution is 5.43. The minimum atomic E-state index is 0.802. The lowest BCUT2D eigenvalue weighted by Crippen LogP contribution is -2.30. The predicted molar refractivity (Wildman–Crippen MR) is 71.8 cm³/mol. The number of hydrogen-bond donors (Lipinski definition) is 1. The van der Waals surface area contributed by atoms with Crippen molar-refractivity contribution in [1.82, 2.24) is 5.32 Å². The van der Waals surface area contributed by atoms with Crippen molar-refractivity contribution in [3.8, 4) is 5.75 Å². The molecule has 0 radical (unpaired) electrons. The molecule has 0 amide bonds. The first-order valence-corrected chi connectivity index (χ1v) is 6.55. The molecule has 0 spiro atoms. The van der Waals surface area contributed by atoms with Gasteiger partial charge in [0, 0.05) is 0 Å². The molecule has 1 saturated heterocycles. The molecule has 1 N–H and O–H groups in total. The third-order valence-corrected chi connectivity index (χ3v) is 3.65. The number of aryl methyl sites for hydroxylation is 2. The second-order valence-corrected chi connectivity index (χ2v) is 5.18. The lowest BCUT2D eigenvalue weighted by Gasteiger charge is -2.23. The van der Waals surface area contributed by atoms with Crippen molar-refractivity contribution in [3.05, 3.63) is 28.8 Å². The minimum absolute atomic E-state index is 0.802. The Morgan fingerprint density at radius 3 is 2.53 bits per heavy atom. The third kappa shape index (κ3) is 3.01. The standard InChI is InChI=1S/C15H23NO/c1-11-7-14(8-12(2)15(11)17-3)9-13-5-4-6-16-10-13/h7-8,13,16H,4-6,9-10H2,1-3H3. The Hall–Kier alpha value is -1.02. The minimum Gasteiger partial charge on any atom is -0.496 e. The van der Waals surface area contributed by atoms with Gasteiger partial charge >= 0.3 is 0 Å². The van der Waals surface area contributed by atoms with Crippen LogP contribution in [0, 0.1) is 19.8 Å². The zero-order valence-electron chi connectivity index (χ0n) is 11.2. The molecule has 1 unspecified atom stereocenters. The van der Waals surface area contributed by atoms with E-state index >= 15 is 0 Å². The van der Waals surface area contributed by atoms with Crippen LogP contribution in [0.3, 0.4) is 0 Å². The number of nitrogens with one attached hydrogen (secondary N) is 1. The van der Waals surface area contributed by atoms with E-state index < -0.39 is 0 Å². The van der Waals surface area contributed by atoms with Crippen LogP contribution in [0.2, 0.25) is 0 Å². The van der Waals surface area contributed by atoms with Crippen molar-refractivity contribution >= 4 is 0 Å². The molecule has 0 saturated carbocycles. The zero-order chi connectivity index (χ0) is 12.3. The Bertz CT molecular complexity index is 358. The van der Waals surface area contributed by atoms with E-state index in [1.54, 1.807) is 7.11 Å². The van der Waals surface area contributed by atoms with E-state index in [0.29, 0.717) is 0 Å². The van der Waals surface area contributed by atoms with Gasteiger partial charge in [0.1, 0.15) is 5.75 Å². The number of benzene rings is 1. The van der Waals surface area contributed by atoms with Crippen molar-refractivity contribution < 1.29 is 4.74 Å². The molecule has 2 nitrogen and oxygen atoms in total. The van der Waals surface area contributed by atoms with Gasteiger partial charge in [0.15, 0.2) is 0 Å². The molecule has 94 valence electrons. The average Bonchev–Trinajstić information content (AvgIpc) is 2.30. The molecule has 2 rings (SSSR count). The zero-order valence-corrected chi connectivity index (χ0v) is 11.2. The van der Waals surface area contributed by atoms with Crippen molar-refractivity contribution in [2.24, 2.45) is 5.92 Å². The Morgan fingerprint density at radius 2 is 2.00 bits per heavy atom. The van der Waals surface area contributed by atoms with E-state index in [4.69, 9.17) is 4.74 Å².